The topological polar surface area (TPSA) is 94.8 Å². The molecule has 0 aromatic heterocycles. The average Bonchev–Trinajstić information content (AvgIpc) is 2.82. The SMILES string of the molecule is C[C@]12C(=O)C=C(O)C=C1CC[C@@H]1[C@@H]2CC[C@@]2(C)[C@H]1CCC2(O)C(=O)O. The fraction of sp³-hybridized carbons (Fsp3) is 0.700. The van der Waals surface area contributed by atoms with Crippen LogP contribution in [0.15, 0.2) is 23.5 Å². The molecule has 0 radical (unpaired) electrons. The van der Waals surface area contributed by atoms with Crippen LogP contribution >= 0.6 is 0 Å². The first-order chi connectivity index (χ1) is 11.6. The summed E-state index contributed by atoms with van der Waals surface area (Å²) in [6.07, 6.45) is 7.07. The molecule has 25 heavy (non-hydrogen) atoms. The van der Waals surface area contributed by atoms with Gasteiger partial charge >= 0.3 is 5.97 Å². The first kappa shape index (κ1) is 16.8. The van der Waals surface area contributed by atoms with Crippen LogP contribution in [0.3, 0.4) is 0 Å². The summed E-state index contributed by atoms with van der Waals surface area (Å²) >= 11 is 0. The lowest BCUT2D eigenvalue weighted by Crippen LogP contribution is -2.58. The molecule has 0 aromatic rings. The van der Waals surface area contributed by atoms with E-state index >= 15 is 0 Å². The molecule has 0 spiro atoms. The van der Waals surface area contributed by atoms with Crippen molar-refractivity contribution in [3.05, 3.63) is 23.5 Å². The maximum absolute atomic E-state index is 12.8. The van der Waals surface area contributed by atoms with Crippen LogP contribution in [0.2, 0.25) is 0 Å². The van der Waals surface area contributed by atoms with Crippen molar-refractivity contribution >= 4 is 11.8 Å². The summed E-state index contributed by atoms with van der Waals surface area (Å²) in [5.41, 5.74) is -1.88. The molecule has 5 heteroatoms. The van der Waals surface area contributed by atoms with Crippen LogP contribution in [0.25, 0.3) is 0 Å². The van der Waals surface area contributed by atoms with Gasteiger partial charge < -0.3 is 15.3 Å². The normalized spacial score (nSPS) is 48.8. The maximum Gasteiger partial charge on any atom is 0.336 e. The number of aliphatic carboxylic acids is 1. The average molecular weight is 346 g/mol. The Kier molecular flexibility index (Phi) is 3.34. The highest BCUT2D eigenvalue weighted by Crippen LogP contribution is 2.66. The lowest BCUT2D eigenvalue weighted by molar-refractivity contribution is -0.181. The number of carboxylic acids is 1. The van der Waals surface area contributed by atoms with Gasteiger partial charge in [0.2, 0.25) is 0 Å². The van der Waals surface area contributed by atoms with Crippen LogP contribution in [-0.2, 0) is 9.59 Å². The molecule has 136 valence electrons. The Hall–Kier alpha value is -1.62. The van der Waals surface area contributed by atoms with Gasteiger partial charge in [-0.15, -0.1) is 0 Å². The molecule has 3 N–H and O–H groups in total. The third-order valence-corrected chi connectivity index (χ3v) is 8.21. The van der Waals surface area contributed by atoms with Gasteiger partial charge in [-0.25, -0.2) is 4.79 Å². The minimum Gasteiger partial charge on any atom is -0.508 e. The molecule has 4 rings (SSSR count). The summed E-state index contributed by atoms with van der Waals surface area (Å²) in [6, 6.07) is 0. The van der Waals surface area contributed by atoms with E-state index in [2.05, 4.69) is 0 Å². The second kappa shape index (κ2) is 4.97. The molecule has 0 saturated heterocycles. The molecule has 0 aliphatic heterocycles. The quantitative estimate of drug-likeness (QED) is 0.678. The minimum atomic E-state index is -1.66. The van der Waals surface area contributed by atoms with Gasteiger partial charge in [0, 0.05) is 11.5 Å². The number of carbonyl (C=O) groups is 2. The Balaban J connectivity index is 1.73. The summed E-state index contributed by atoms with van der Waals surface area (Å²) in [4.78, 5) is 24.6. The van der Waals surface area contributed by atoms with Crippen LogP contribution < -0.4 is 0 Å². The largest absolute Gasteiger partial charge is 0.508 e. The van der Waals surface area contributed by atoms with Crippen molar-refractivity contribution < 1.29 is 24.9 Å². The number of carboxylic acid groups (broad SMARTS) is 1. The van der Waals surface area contributed by atoms with Crippen LogP contribution in [0.1, 0.15) is 52.4 Å². The zero-order chi connectivity index (χ0) is 18.2. The summed E-state index contributed by atoms with van der Waals surface area (Å²) in [6.45, 7) is 3.92. The van der Waals surface area contributed by atoms with Gasteiger partial charge in [0.1, 0.15) is 5.76 Å². The lowest BCUT2D eigenvalue weighted by Gasteiger charge is -2.57. The number of hydrogen-bond acceptors (Lipinski definition) is 4. The third kappa shape index (κ3) is 1.88. The number of aliphatic hydroxyl groups excluding tert-OH is 1. The highest BCUT2D eigenvalue weighted by molar-refractivity contribution is 5.99. The lowest BCUT2D eigenvalue weighted by atomic mass is 9.46. The molecule has 1 unspecified atom stereocenters. The Morgan fingerprint density at radius 3 is 2.48 bits per heavy atom. The third-order valence-electron chi connectivity index (χ3n) is 8.21. The molecule has 0 aromatic carbocycles. The van der Waals surface area contributed by atoms with E-state index in [0.717, 1.165) is 24.8 Å². The van der Waals surface area contributed by atoms with Crippen LogP contribution in [0.4, 0.5) is 0 Å². The van der Waals surface area contributed by atoms with Crippen LogP contribution in [-0.4, -0.2) is 32.7 Å². The molecular formula is C20H26O5. The van der Waals surface area contributed by atoms with Crippen molar-refractivity contribution in [2.45, 2.75) is 58.0 Å². The molecule has 0 bridgehead atoms. The van der Waals surface area contributed by atoms with E-state index in [0.29, 0.717) is 19.3 Å². The number of rotatable bonds is 1. The highest BCUT2D eigenvalue weighted by atomic mass is 16.4. The predicted octanol–water partition coefficient (Wildman–Crippen LogP) is 3.00. The first-order valence-corrected chi connectivity index (χ1v) is 9.26. The Bertz CT molecular complexity index is 722. The number of ketones is 1. The molecule has 6 atom stereocenters. The molecule has 4 aliphatic rings. The van der Waals surface area contributed by atoms with Crippen LogP contribution in [0, 0.1) is 28.6 Å². The van der Waals surface area contributed by atoms with Crippen molar-refractivity contribution in [2.75, 3.05) is 0 Å². The maximum atomic E-state index is 12.8. The van der Waals surface area contributed by atoms with Gasteiger partial charge in [-0.2, -0.15) is 0 Å². The van der Waals surface area contributed by atoms with E-state index in [1.165, 1.54) is 6.08 Å². The number of carbonyl (C=O) groups excluding carboxylic acids is 1. The monoisotopic (exact) mass is 346 g/mol. The smallest absolute Gasteiger partial charge is 0.336 e. The van der Waals surface area contributed by atoms with E-state index in [9.17, 15) is 24.9 Å². The fourth-order valence-corrected chi connectivity index (χ4v) is 6.66. The van der Waals surface area contributed by atoms with Gasteiger partial charge in [-0.1, -0.05) is 12.5 Å². The summed E-state index contributed by atoms with van der Waals surface area (Å²) in [5.74, 6) is -0.589. The Labute approximate surface area is 147 Å². The number of fused-ring (bicyclic) bond motifs is 5. The van der Waals surface area contributed by atoms with Crippen molar-refractivity contribution in [1.29, 1.82) is 0 Å². The van der Waals surface area contributed by atoms with Gasteiger partial charge in [-0.3, -0.25) is 4.79 Å². The van der Waals surface area contributed by atoms with Gasteiger partial charge in [0.15, 0.2) is 11.4 Å². The highest BCUT2D eigenvalue weighted by Gasteiger charge is 2.67. The minimum absolute atomic E-state index is 0.0349. The molecule has 5 nitrogen and oxygen atoms in total. The summed E-state index contributed by atoms with van der Waals surface area (Å²) < 4.78 is 0. The van der Waals surface area contributed by atoms with Crippen molar-refractivity contribution in [3.63, 3.8) is 0 Å². The van der Waals surface area contributed by atoms with Gasteiger partial charge in [0.25, 0.3) is 0 Å². The number of allylic oxidation sites excluding steroid dienone is 3. The zero-order valence-corrected chi connectivity index (χ0v) is 14.8. The standard InChI is InChI=1S/C20H26O5/c1-18-7-5-15-13(14(18)6-8-20(18,25)17(23)24)4-3-11-9-12(21)10-16(22)19(11,15)2/h9-10,13-15,21,25H,3-8H2,1-2H3,(H,23,24)/t13-,14-,15-,18-,19-,20?/m0/s1. The number of hydrogen-bond donors (Lipinski definition) is 3. The van der Waals surface area contributed by atoms with Crippen molar-refractivity contribution in [2.24, 2.45) is 28.6 Å². The van der Waals surface area contributed by atoms with Gasteiger partial charge in [-0.05, 0) is 69.3 Å². The predicted molar refractivity (Wildman–Crippen MR) is 90.8 cm³/mol. The van der Waals surface area contributed by atoms with E-state index < -0.39 is 22.4 Å². The molecule has 0 heterocycles. The number of aliphatic hydroxyl groups is 2. The second-order valence-corrected chi connectivity index (χ2v) is 8.88. The first-order valence-electron chi connectivity index (χ1n) is 9.26. The van der Waals surface area contributed by atoms with Crippen molar-refractivity contribution in [1.82, 2.24) is 0 Å². The summed E-state index contributed by atoms with van der Waals surface area (Å²) in [5, 5.41) is 30.3. The van der Waals surface area contributed by atoms with Gasteiger partial charge in [0.05, 0.1) is 5.41 Å². The molecule has 3 fully saturated rings. The Morgan fingerprint density at radius 2 is 1.80 bits per heavy atom. The molecular weight excluding hydrogens is 320 g/mol. The molecule has 3 saturated carbocycles. The zero-order valence-electron chi connectivity index (χ0n) is 14.8. The fourth-order valence-electron chi connectivity index (χ4n) is 6.66. The van der Waals surface area contributed by atoms with E-state index in [1.807, 2.05) is 13.8 Å². The second-order valence-electron chi connectivity index (χ2n) is 8.88. The Morgan fingerprint density at radius 1 is 1.12 bits per heavy atom. The van der Waals surface area contributed by atoms with Crippen molar-refractivity contribution in [3.8, 4) is 0 Å². The summed E-state index contributed by atoms with van der Waals surface area (Å²) in [7, 11) is 0. The van der Waals surface area contributed by atoms with E-state index in [1.54, 1.807) is 6.08 Å². The molecule has 4 aliphatic carbocycles. The molecule has 0 amide bonds. The van der Waals surface area contributed by atoms with E-state index in [4.69, 9.17) is 0 Å². The van der Waals surface area contributed by atoms with Crippen LogP contribution in [0.5, 0.6) is 0 Å². The van der Waals surface area contributed by atoms with E-state index in [-0.39, 0.29) is 29.3 Å².